The molecule has 0 unspecified atom stereocenters. The molecule has 2 aromatic carbocycles. The number of aromatic nitrogens is 1. The Bertz CT molecular complexity index is 949. The van der Waals surface area contributed by atoms with Gasteiger partial charge >= 0.3 is 0 Å². The molecular formula is C21H19ClFN3O2. The molecule has 1 aliphatic rings. The van der Waals surface area contributed by atoms with Crippen molar-refractivity contribution >= 4 is 17.5 Å². The summed E-state index contributed by atoms with van der Waals surface area (Å²) in [4.78, 5) is 16.6. The highest BCUT2D eigenvalue weighted by molar-refractivity contribution is 6.31. The standard InChI is InChI=1S/C21H19ClFN3O2/c22-17-7-4-8-18(23)16(17)14-25-9-11-26(12-10-25)21(27)19-13-20(28-24-19)15-5-2-1-3-6-15/h1-8,13H,9-12,14H2. The predicted molar refractivity (Wildman–Crippen MR) is 105 cm³/mol. The summed E-state index contributed by atoms with van der Waals surface area (Å²) in [6.07, 6.45) is 0. The molecular weight excluding hydrogens is 381 g/mol. The lowest BCUT2D eigenvalue weighted by Gasteiger charge is -2.34. The molecule has 1 fully saturated rings. The summed E-state index contributed by atoms with van der Waals surface area (Å²) < 4.78 is 19.3. The van der Waals surface area contributed by atoms with E-state index in [1.165, 1.54) is 6.07 Å². The summed E-state index contributed by atoms with van der Waals surface area (Å²) in [5.74, 6) is 0.105. The van der Waals surface area contributed by atoms with Gasteiger partial charge in [-0.2, -0.15) is 0 Å². The third-order valence-electron chi connectivity index (χ3n) is 4.89. The van der Waals surface area contributed by atoms with Gasteiger partial charge in [0.15, 0.2) is 11.5 Å². The van der Waals surface area contributed by atoms with Crippen LogP contribution in [-0.4, -0.2) is 47.0 Å². The van der Waals surface area contributed by atoms with E-state index in [2.05, 4.69) is 10.1 Å². The molecule has 1 amide bonds. The average molecular weight is 400 g/mol. The topological polar surface area (TPSA) is 49.6 Å². The van der Waals surface area contributed by atoms with Gasteiger partial charge in [-0.1, -0.05) is 53.2 Å². The predicted octanol–water partition coefficient (Wildman–Crippen LogP) is 4.09. The second kappa shape index (κ2) is 8.12. The van der Waals surface area contributed by atoms with Gasteiger partial charge in [0.25, 0.3) is 5.91 Å². The Morgan fingerprint density at radius 1 is 1.07 bits per heavy atom. The zero-order chi connectivity index (χ0) is 19.5. The maximum absolute atomic E-state index is 14.0. The van der Waals surface area contributed by atoms with Crippen LogP contribution >= 0.6 is 11.6 Å². The summed E-state index contributed by atoms with van der Waals surface area (Å²) >= 11 is 6.11. The van der Waals surface area contributed by atoms with E-state index in [-0.39, 0.29) is 11.7 Å². The van der Waals surface area contributed by atoms with E-state index >= 15 is 0 Å². The SMILES string of the molecule is O=C(c1cc(-c2ccccc2)on1)N1CCN(Cc2c(F)cccc2Cl)CC1. The zero-order valence-electron chi connectivity index (χ0n) is 15.1. The Morgan fingerprint density at radius 2 is 1.82 bits per heavy atom. The maximum atomic E-state index is 14.0. The fourth-order valence-corrected chi connectivity index (χ4v) is 3.52. The minimum absolute atomic E-state index is 0.158. The molecule has 7 heteroatoms. The minimum Gasteiger partial charge on any atom is -0.355 e. The van der Waals surface area contributed by atoms with Crippen molar-refractivity contribution in [1.82, 2.24) is 15.0 Å². The van der Waals surface area contributed by atoms with Gasteiger partial charge in [-0.3, -0.25) is 9.69 Å². The van der Waals surface area contributed by atoms with Crippen molar-refractivity contribution < 1.29 is 13.7 Å². The quantitative estimate of drug-likeness (QED) is 0.663. The number of piperazine rings is 1. The van der Waals surface area contributed by atoms with Crippen LogP contribution in [0.5, 0.6) is 0 Å². The molecule has 0 bridgehead atoms. The van der Waals surface area contributed by atoms with Crippen LogP contribution in [0.3, 0.4) is 0 Å². The largest absolute Gasteiger partial charge is 0.355 e. The molecule has 0 atom stereocenters. The highest BCUT2D eigenvalue weighted by Gasteiger charge is 2.25. The minimum atomic E-state index is -0.304. The van der Waals surface area contributed by atoms with Crippen molar-refractivity contribution in [3.8, 4) is 11.3 Å². The lowest BCUT2D eigenvalue weighted by Crippen LogP contribution is -2.48. The van der Waals surface area contributed by atoms with Crippen LogP contribution in [0.4, 0.5) is 4.39 Å². The van der Waals surface area contributed by atoms with E-state index in [1.54, 1.807) is 23.1 Å². The first kappa shape index (κ1) is 18.7. The van der Waals surface area contributed by atoms with E-state index in [4.69, 9.17) is 16.1 Å². The number of nitrogens with zero attached hydrogens (tertiary/aromatic N) is 3. The van der Waals surface area contributed by atoms with Crippen LogP contribution in [0, 0.1) is 5.82 Å². The van der Waals surface area contributed by atoms with Crippen LogP contribution in [-0.2, 0) is 6.54 Å². The molecule has 2 heterocycles. The molecule has 0 aliphatic carbocycles. The molecule has 0 saturated carbocycles. The molecule has 1 saturated heterocycles. The van der Waals surface area contributed by atoms with Crippen LogP contribution in [0.15, 0.2) is 59.1 Å². The number of carbonyl (C=O) groups excluding carboxylic acids is 1. The van der Waals surface area contributed by atoms with E-state index in [0.29, 0.717) is 54.8 Å². The number of halogens is 2. The number of rotatable bonds is 4. The molecule has 3 aromatic rings. The van der Waals surface area contributed by atoms with Crippen molar-refractivity contribution in [2.75, 3.05) is 26.2 Å². The third kappa shape index (κ3) is 3.93. The van der Waals surface area contributed by atoms with Crippen molar-refractivity contribution in [1.29, 1.82) is 0 Å². The normalized spacial score (nSPS) is 15.0. The van der Waals surface area contributed by atoms with Gasteiger partial charge in [-0.05, 0) is 12.1 Å². The second-order valence-electron chi connectivity index (χ2n) is 6.71. The van der Waals surface area contributed by atoms with Crippen molar-refractivity contribution in [2.24, 2.45) is 0 Å². The van der Waals surface area contributed by atoms with Gasteiger partial charge in [-0.25, -0.2) is 4.39 Å². The Labute approximate surface area is 167 Å². The van der Waals surface area contributed by atoms with Gasteiger partial charge < -0.3 is 9.42 Å². The number of amides is 1. The fraction of sp³-hybridized carbons (Fsp3) is 0.238. The molecule has 0 spiro atoms. The molecule has 28 heavy (non-hydrogen) atoms. The van der Waals surface area contributed by atoms with Gasteiger partial charge in [-0.15, -0.1) is 0 Å². The van der Waals surface area contributed by atoms with E-state index in [1.807, 2.05) is 30.3 Å². The Kier molecular flexibility index (Phi) is 5.41. The highest BCUT2D eigenvalue weighted by Crippen LogP contribution is 2.23. The maximum Gasteiger partial charge on any atom is 0.276 e. The molecule has 144 valence electrons. The Morgan fingerprint density at radius 3 is 2.54 bits per heavy atom. The monoisotopic (exact) mass is 399 g/mol. The molecule has 4 rings (SSSR count). The Hall–Kier alpha value is -2.70. The van der Waals surface area contributed by atoms with Gasteiger partial charge in [0.05, 0.1) is 0 Å². The highest BCUT2D eigenvalue weighted by atomic mass is 35.5. The first-order valence-corrected chi connectivity index (χ1v) is 9.46. The molecule has 1 aliphatic heterocycles. The smallest absolute Gasteiger partial charge is 0.276 e. The molecule has 0 radical (unpaired) electrons. The van der Waals surface area contributed by atoms with Crippen LogP contribution < -0.4 is 0 Å². The summed E-state index contributed by atoms with van der Waals surface area (Å²) in [5.41, 5.74) is 1.66. The van der Waals surface area contributed by atoms with Crippen LogP contribution in [0.2, 0.25) is 5.02 Å². The van der Waals surface area contributed by atoms with E-state index < -0.39 is 0 Å². The number of hydrogen-bond acceptors (Lipinski definition) is 4. The average Bonchev–Trinajstić information content (AvgIpc) is 3.22. The van der Waals surface area contributed by atoms with Crippen molar-refractivity contribution in [3.63, 3.8) is 0 Å². The summed E-state index contributed by atoms with van der Waals surface area (Å²) in [6.45, 7) is 2.78. The first-order valence-electron chi connectivity index (χ1n) is 9.08. The van der Waals surface area contributed by atoms with E-state index in [0.717, 1.165) is 5.56 Å². The second-order valence-corrected chi connectivity index (χ2v) is 7.12. The molecule has 1 aromatic heterocycles. The summed E-state index contributed by atoms with van der Waals surface area (Å²) in [7, 11) is 0. The zero-order valence-corrected chi connectivity index (χ0v) is 15.9. The van der Waals surface area contributed by atoms with Crippen LogP contribution in [0.25, 0.3) is 11.3 Å². The lowest BCUT2D eigenvalue weighted by molar-refractivity contribution is 0.0617. The summed E-state index contributed by atoms with van der Waals surface area (Å²) in [6, 6.07) is 15.9. The Balaban J connectivity index is 1.37. The molecule has 0 N–H and O–H groups in total. The van der Waals surface area contributed by atoms with Gasteiger partial charge in [0.1, 0.15) is 5.82 Å². The van der Waals surface area contributed by atoms with Crippen molar-refractivity contribution in [2.45, 2.75) is 6.54 Å². The fourth-order valence-electron chi connectivity index (χ4n) is 3.29. The van der Waals surface area contributed by atoms with Gasteiger partial charge in [0.2, 0.25) is 0 Å². The molecule has 5 nitrogen and oxygen atoms in total. The number of benzene rings is 2. The van der Waals surface area contributed by atoms with E-state index in [9.17, 15) is 9.18 Å². The van der Waals surface area contributed by atoms with Crippen molar-refractivity contribution in [3.05, 3.63) is 76.7 Å². The first-order chi connectivity index (χ1) is 13.6. The van der Waals surface area contributed by atoms with Crippen LogP contribution in [0.1, 0.15) is 16.1 Å². The number of carbonyl (C=O) groups is 1. The third-order valence-corrected chi connectivity index (χ3v) is 5.24. The number of hydrogen-bond donors (Lipinski definition) is 0. The lowest BCUT2D eigenvalue weighted by atomic mass is 10.1. The van der Waals surface area contributed by atoms with Gasteiger partial charge in [0, 0.05) is 54.9 Å². The summed E-state index contributed by atoms with van der Waals surface area (Å²) in [5, 5.41) is 4.36.